The number of nitrogens with zero attached hydrogens (tertiary/aromatic N) is 1. The molecule has 0 unspecified atom stereocenters. The second-order valence-electron chi connectivity index (χ2n) is 5.75. The topological polar surface area (TPSA) is 71.1 Å². The summed E-state index contributed by atoms with van der Waals surface area (Å²) < 4.78 is 39.1. The number of hydrogen-bond donors (Lipinski definition) is 2. The molecule has 0 saturated heterocycles. The summed E-state index contributed by atoms with van der Waals surface area (Å²) in [7, 11) is 0. The molecule has 3 rings (SSSR count). The van der Waals surface area contributed by atoms with Crippen molar-refractivity contribution in [1.29, 1.82) is 0 Å². The van der Waals surface area contributed by atoms with Gasteiger partial charge in [-0.15, -0.1) is 0 Å². The van der Waals surface area contributed by atoms with E-state index in [0.29, 0.717) is 17.4 Å². The number of carbonyl (C=O) groups is 2. The van der Waals surface area contributed by atoms with E-state index in [1.54, 1.807) is 12.1 Å². The van der Waals surface area contributed by atoms with E-state index < -0.39 is 23.4 Å². The quantitative estimate of drug-likeness (QED) is 0.552. The van der Waals surface area contributed by atoms with Crippen LogP contribution in [-0.2, 0) is 0 Å². The number of carbonyl (C=O) groups excluding carboxylic acids is 2. The maximum atomic E-state index is 14.1. The predicted octanol–water partition coefficient (Wildman–Crippen LogP) is 5.04. The fraction of sp³-hybridized carbons (Fsp3) is 0.0500. The minimum atomic E-state index is -2.61. The molecule has 0 atom stereocenters. The van der Waals surface area contributed by atoms with Gasteiger partial charge in [0.15, 0.2) is 0 Å². The van der Waals surface area contributed by atoms with E-state index in [-0.39, 0.29) is 21.7 Å². The molecule has 0 spiro atoms. The van der Waals surface area contributed by atoms with Crippen molar-refractivity contribution in [3.05, 3.63) is 83.9 Å². The molecule has 9 heteroatoms. The second-order valence-corrected chi connectivity index (χ2v) is 6.81. The fourth-order valence-electron chi connectivity index (χ4n) is 2.43. The Morgan fingerprint density at radius 1 is 0.931 bits per heavy atom. The molecule has 0 radical (unpaired) electrons. The van der Waals surface area contributed by atoms with Crippen molar-refractivity contribution < 1.29 is 22.8 Å². The van der Waals surface area contributed by atoms with Crippen LogP contribution in [0.3, 0.4) is 0 Å². The number of hydrogen-bond acceptors (Lipinski definition) is 4. The van der Waals surface area contributed by atoms with Crippen LogP contribution in [0.1, 0.15) is 20.7 Å². The molecular weight excluding hydrogens is 403 g/mol. The normalized spacial score (nSPS) is 10.6. The molecule has 0 aliphatic rings. The number of halogens is 3. The molecule has 0 aliphatic carbocycles. The van der Waals surface area contributed by atoms with Gasteiger partial charge < -0.3 is 10.6 Å². The number of benzene rings is 2. The summed E-state index contributed by atoms with van der Waals surface area (Å²) in [6.45, 7) is 0. The summed E-state index contributed by atoms with van der Waals surface area (Å²) in [5, 5.41) is 5.04. The first-order valence-electron chi connectivity index (χ1n) is 8.29. The minimum Gasteiger partial charge on any atom is -0.322 e. The zero-order chi connectivity index (χ0) is 20.8. The number of rotatable bonds is 6. The first kappa shape index (κ1) is 20.4. The molecule has 1 heterocycles. The Labute approximate surface area is 168 Å². The van der Waals surface area contributed by atoms with Gasteiger partial charge in [0.2, 0.25) is 0 Å². The standard InChI is InChI=1S/C20H14F3N3O2S/c21-17-7-6-13(10-16(17)19(28)26-14-4-2-8-24-11-14)25-18(27)12-3-1-5-15(9-12)29-20(22)23/h1-11,20H,(H,25,27)(H,26,28). The van der Waals surface area contributed by atoms with Gasteiger partial charge in [-0.3, -0.25) is 14.6 Å². The molecule has 0 bridgehead atoms. The van der Waals surface area contributed by atoms with E-state index in [1.165, 1.54) is 48.8 Å². The van der Waals surface area contributed by atoms with Gasteiger partial charge in [0.1, 0.15) is 5.82 Å². The van der Waals surface area contributed by atoms with Gasteiger partial charge in [0.05, 0.1) is 17.4 Å². The SMILES string of the molecule is O=C(Nc1ccc(F)c(C(=O)Nc2cccnc2)c1)c1cccc(SC(F)F)c1. The third-order valence-corrected chi connectivity index (χ3v) is 4.41. The number of anilines is 2. The van der Waals surface area contributed by atoms with Crippen molar-refractivity contribution in [3.8, 4) is 0 Å². The fourth-order valence-corrected chi connectivity index (χ4v) is 2.99. The van der Waals surface area contributed by atoms with E-state index in [1.807, 2.05) is 0 Å². The van der Waals surface area contributed by atoms with Gasteiger partial charge in [-0.1, -0.05) is 17.8 Å². The third kappa shape index (κ3) is 5.58. The first-order chi connectivity index (χ1) is 13.9. The number of thioether (sulfide) groups is 1. The highest BCUT2D eigenvalue weighted by Crippen LogP contribution is 2.26. The molecular formula is C20H14F3N3O2S. The highest BCUT2D eigenvalue weighted by Gasteiger charge is 2.15. The summed E-state index contributed by atoms with van der Waals surface area (Å²) in [4.78, 5) is 28.8. The minimum absolute atomic E-state index is 0.154. The van der Waals surface area contributed by atoms with E-state index >= 15 is 0 Å². The Kier molecular flexibility index (Phi) is 6.50. The van der Waals surface area contributed by atoms with Crippen molar-refractivity contribution in [2.24, 2.45) is 0 Å². The van der Waals surface area contributed by atoms with Crippen LogP contribution in [0.4, 0.5) is 24.5 Å². The smallest absolute Gasteiger partial charge is 0.288 e. The Bertz CT molecular complexity index is 1030. The summed E-state index contributed by atoms with van der Waals surface area (Å²) in [6, 6.07) is 12.5. The van der Waals surface area contributed by atoms with Crippen molar-refractivity contribution in [3.63, 3.8) is 0 Å². The number of amides is 2. The number of pyridine rings is 1. The van der Waals surface area contributed by atoms with Crippen LogP contribution in [0.5, 0.6) is 0 Å². The lowest BCUT2D eigenvalue weighted by molar-refractivity contribution is 0.101. The Hall–Kier alpha value is -3.33. The molecule has 0 aliphatic heterocycles. The second kappa shape index (κ2) is 9.24. The maximum Gasteiger partial charge on any atom is 0.288 e. The molecule has 2 N–H and O–H groups in total. The third-order valence-electron chi connectivity index (χ3n) is 3.71. The molecule has 0 fully saturated rings. The van der Waals surface area contributed by atoms with Gasteiger partial charge in [0.25, 0.3) is 17.6 Å². The summed E-state index contributed by atoms with van der Waals surface area (Å²) in [5.41, 5.74) is 0.453. The van der Waals surface area contributed by atoms with Crippen LogP contribution in [0.2, 0.25) is 0 Å². The number of alkyl halides is 2. The molecule has 3 aromatic rings. The van der Waals surface area contributed by atoms with Crippen LogP contribution in [0.25, 0.3) is 0 Å². The maximum absolute atomic E-state index is 14.1. The average Bonchev–Trinajstić information content (AvgIpc) is 2.70. The summed E-state index contributed by atoms with van der Waals surface area (Å²) in [5.74, 6) is -4.65. The van der Waals surface area contributed by atoms with Crippen LogP contribution in [0, 0.1) is 5.82 Å². The van der Waals surface area contributed by atoms with Crippen LogP contribution < -0.4 is 10.6 Å². The highest BCUT2D eigenvalue weighted by atomic mass is 32.2. The molecule has 5 nitrogen and oxygen atoms in total. The first-order valence-corrected chi connectivity index (χ1v) is 9.17. The van der Waals surface area contributed by atoms with Gasteiger partial charge in [-0.2, -0.15) is 8.78 Å². The Balaban J connectivity index is 1.76. The van der Waals surface area contributed by atoms with E-state index in [9.17, 15) is 22.8 Å². The van der Waals surface area contributed by atoms with Crippen molar-refractivity contribution in [2.75, 3.05) is 10.6 Å². The Morgan fingerprint density at radius 2 is 1.72 bits per heavy atom. The number of nitrogens with one attached hydrogen (secondary N) is 2. The van der Waals surface area contributed by atoms with E-state index in [0.717, 1.165) is 6.07 Å². The van der Waals surface area contributed by atoms with Gasteiger partial charge in [0, 0.05) is 22.3 Å². The molecule has 2 amide bonds. The Morgan fingerprint density at radius 3 is 2.45 bits per heavy atom. The van der Waals surface area contributed by atoms with Crippen molar-refractivity contribution in [2.45, 2.75) is 10.7 Å². The average molecular weight is 417 g/mol. The molecule has 2 aromatic carbocycles. The van der Waals surface area contributed by atoms with Gasteiger partial charge in [-0.25, -0.2) is 4.39 Å². The van der Waals surface area contributed by atoms with Crippen LogP contribution >= 0.6 is 11.8 Å². The summed E-state index contributed by atoms with van der Waals surface area (Å²) >= 11 is 0.325. The molecule has 148 valence electrons. The van der Waals surface area contributed by atoms with Crippen molar-refractivity contribution in [1.82, 2.24) is 4.98 Å². The van der Waals surface area contributed by atoms with Crippen LogP contribution in [-0.4, -0.2) is 22.6 Å². The van der Waals surface area contributed by atoms with E-state index in [2.05, 4.69) is 15.6 Å². The van der Waals surface area contributed by atoms with Crippen LogP contribution in [0.15, 0.2) is 71.9 Å². The van der Waals surface area contributed by atoms with Crippen molar-refractivity contribution >= 4 is 35.0 Å². The summed E-state index contributed by atoms with van der Waals surface area (Å²) in [6.07, 6.45) is 2.94. The monoisotopic (exact) mass is 417 g/mol. The highest BCUT2D eigenvalue weighted by molar-refractivity contribution is 7.99. The van der Waals surface area contributed by atoms with Gasteiger partial charge >= 0.3 is 0 Å². The zero-order valence-corrected chi connectivity index (χ0v) is 15.6. The largest absolute Gasteiger partial charge is 0.322 e. The lowest BCUT2D eigenvalue weighted by Gasteiger charge is -2.10. The molecule has 1 aromatic heterocycles. The zero-order valence-electron chi connectivity index (χ0n) is 14.7. The molecule has 0 saturated carbocycles. The lowest BCUT2D eigenvalue weighted by atomic mass is 10.1. The predicted molar refractivity (Wildman–Crippen MR) is 105 cm³/mol. The van der Waals surface area contributed by atoms with E-state index in [4.69, 9.17) is 0 Å². The lowest BCUT2D eigenvalue weighted by Crippen LogP contribution is -2.16. The number of aromatic nitrogens is 1. The van der Waals surface area contributed by atoms with Gasteiger partial charge in [-0.05, 0) is 48.5 Å². The molecule has 29 heavy (non-hydrogen) atoms.